The first-order valence-electron chi connectivity index (χ1n) is 5.91. The van der Waals surface area contributed by atoms with Crippen molar-refractivity contribution in [1.82, 2.24) is 5.32 Å². The van der Waals surface area contributed by atoms with Crippen molar-refractivity contribution in [3.63, 3.8) is 0 Å². The Balaban J connectivity index is 2.60. The molecule has 0 atom stereocenters. The molecule has 104 valence electrons. The number of nitrogens with one attached hydrogen (secondary N) is 2. The summed E-state index contributed by atoms with van der Waals surface area (Å²) >= 11 is 6.06. The summed E-state index contributed by atoms with van der Waals surface area (Å²) in [7, 11) is 0. The zero-order valence-electron chi connectivity index (χ0n) is 11.2. The number of hydrogen-bond donors (Lipinski definition) is 2. The maximum Gasteiger partial charge on any atom is 0.407 e. The third-order valence-corrected chi connectivity index (χ3v) is 2.66. The van der Waals surface area contributed by atoms with Crippen molar-refractivity contribution in [3.8, 4) is 0 Å². The Labute approximate surface area is 117 Å². The van der Waals surface area contributed by atoms with Crippen molar-refractivity contribution < 1.29 is 14.3 Å². The molecule has 0 aromatic heterocycles. The van der Waals surface area contributed by atoms with E-state index in [2.05, 4.69) is 15.4 Å². The van der Waals surface area contributed by atoms with E-state index in [-0.39, 0.29) is 19.1 Å². The summed E-state index contributed by atoms with van der Waals surface area (Å²) in [5, 5.41) is 5.47. The molecule has 0 aliphatic rings. The van der Waals surface area contributed by atoms with E-state index in [4.69, 9.17) is 11.6 Å². The van der Waals surface area contributed by atoms with Crippen molar-refractivity contribution in [1.29, 1.82) is 0 Å². The third-order valence-electron chi connectivity index (χ3n) is 2.36. The summed E-state index contributed by atoms with van der Waals surface area (Å²) < 4.78 is 4.65. The van der Waals surface area contributed by atoms with Crippen LogP contribution in [0.25, 0.3) is 0 Å². The summed E-state index contributed by atoms with van der Waals surface area (Å²) in [5.41, 5.74) is 2.45. The number of amides is 2. The van der Waals surface area contributed by atoms with Crippen LogP contribution in [0.15, 0.2) is 12.1 Å². The summed E-state index contributed by atoms with van der Waals surface area (Å²) in [6.45, 7) is 5.56. The van der Waals surface area contributed by atoms with Crippen LogP contribution >= 0.6 is 11.6 Å². The van der Waals surface area contributed by atoms with Gasteiger partial charge in [-0.1, -0.05) is 17.7 Å². The van der Waals surface area contributed by atoms with Crippen molar-refractivity contribution >= 4 is 29.3 Å². The molecule has 0 heterocycles. The predicted molar refractivity (Wildman–Crippen MR) is 74.6 cm³/mol. The quantitative estimate of drug-likeness (QED) is 0.893. The molecule has 19 heavy (non-hydrogen) atoms. The smallest absolute Gasteiger partial charge is 0.407 e. The highest BCUT2D eigenvalue weighted by Gasteiger charge is 2.10. The third kappa shape index (κ3) is 4.79. The monoisotopic (exact) mass is 284 g/mol. The highest BCUT2D eigenvalue weighted by atomic mass is 35.5. The molecule has 0 aliphatic carbocycles. The molecule has 0 unspecified atom stereocenters. The Kier molecular flexibility index (Phi) is 5.63. The molecule has 0 saturated heterocycles. The lowest BCUT2D eigenvalue weighted by Crippen LogP contribution is -2.33. The molecule has 0 radical (unpaired) electrons. The second-order valence-corrected chi connectivity index (χ2v) is 4.47. The lowest BCUT2D eigenvalue weighted by molar-refractivity contribution is -0.115. The van der Waals surface area contributed by atoms with E-state index >= 15 is 0 Å². The van der Waals surface area contributed by atoms with Gasteiger partial charge in [0.05, 0.1) is 17.3 Å². The summed E-state index contributed by atoms with van der Waals surface area (Å²) in [6, 6.07) is 3.68. The van der Waals surface area contributed by atoms with Crippen LogP contribution in [-0.4, -0.2) is 25.2 Å². The number of anilines is 1. The van der Waals surface area contributed by atoms with Gasteiger partial charge >= 0.3 is 6.09 Å². The number of alkyl carbamates (subject to hydrolysis) is 1. The molecule has 0 spiro atoms. The normalized spacial score (nSPS) is 9.89. The number of rotatable bonds is 4. The molecule has 6 heteroatoms. The number of hydrogen-bond acceptors (Lipinski definition) is 3. The molecular weight excluding hydrogens is 268 g/mol. The lowest BCUT2D eigenvalue weighted by Gasteiger charge is -2.12. The Morgan fingerprint density at radius 1 is 1.32 bits per heavy atom. The predicted octanol–water partition coefficient (Wildman–Crippen LogP) is 2.64. The van der Waals surface area contributed by atoms with Crippen LogP contribution < -0.4 is 10.6 Å². The van der Waals surface area contributed by atoms with Gasteiger partial charge in [0.1, 0.15) is 6.54 Å². The van der Waals surface area contributed by atoms with E-state index in [0.717, 1.165) is 11.1 Å². The molecule has 0 saturated carbocycles. The molecular formula is C13H17ClN2O3. The molecule has 0 fully saturated rings. The lowest BCUT2D eigenvalue weighted by atomic mass is 10.1. The second kappa shape index (κ2) is 6.99. The van der Waals surface area contributed by atoms with Gasteiger partial charge in [0.2, 0.25) is 5.91 Å². The minimum atomic E-state index is -0.621. The maximum atomic E-state index is 11.7. The van der Waals surface area contributed by atoms with Gasteiger partial charge in [0.25, 0.3) is 0 Å². The van der Waals surface area contributed by atoms with E-state index in [0.29, 0.717) is 10.7 Å². The van der Waals surface area contributed by atoms with Crippen molar-refractivity contribution in [2.45, 2.75) is 20.8 Å². The molecule has 1 aromatic carbocycles. The molecule has 2 N–H and O–H groups in total. The number of carbonyl (C=O) groups is 2. The average Bonchev–Trinajstić information content (AvgIpc) is 2.31. The fourth-order valence-corrected chi connectivity index (χ4v) is 1.96. The van der Waals surface area contributed by atoms with E-state index in [1.54, 1.807) is 13.0 Å². The molecule has 1 aromatic rings. The van der Waals surface area contributed by atoms with Crippen LogP contribution in [0.5, 0.6) is 0 Å². The van der Waals surface area contributed by atoms with E-state index in [1.807, 2.05) is 19.9 Å². The van der Waals surface area contributed by atoms with E-state index in [9.17, 15) is 9.59 Å². The molecule has 0 aliphatic heterocycles. The Morgan fingerprint density at radius 2 is 2.00 bits per heavy atom. The van der Waals surface area contributed by atoms with Gasteiger partial charge in [-0.15, -0.1) is 0 Å². The van der Waals surface area contributed by atoms with Gasteiger partial charge in [-0.25, -0.2) is 4.79 Å². The van der Waals surface area contributed by atoms with Crippen LogP contribution in [0.2, 0.25) is 5.02 Å². The Hall–Kier alpha value is -1.75. The zero-order valence-corrected chi connectivity index (χ0v) is 11.9. The summed E-state index contributed by atoms with van der Waals surface area (Å²) in [4.78, 5) is 22.7. The van der Waals surface area contributed by atoms with Crippen LogP contribution in [0.3, 0.4) is 0 Å². The summed E-state index contributed by atoms with van der Waals surface area (Å²) in [5.74, 6) is -0.359. The zero-order chi connectivity index (χ0) is 14.4. The van der Waals surface area contributed by atoms with Crippen LogP contribution in [-0.2, 0) is 9.53 Å². The molecule has 5 nitrogen and oxygen atoms in total. The number of ether oxygens (including phenoxy) is 1. The molecule has 0 bridgehead atoms. The van der Waals surface area contributed by atoms with Gasteiger partial charge in [0, 0.05) is 0 Å². The van der Waals surface area contributed by atoms with E-state index in [1.165, 1.54) is 0 Å². The Morgan fingerprint density at radius 3 is 2.58 bits per heavy atom. The van der Waals surface area contributed by atoms with Crippen LogP contribution in [0, 0.1) is 13.8 Å². The average molecular weight is 285 g/mol. The minimum absolute atomic E-state index is 0.164. The largest absolute Gasteiger partial charge is 0.450 e. The highest BCUT2D eigenvalue weighted by Crippen LogP contribution is 2.27. The number of carbonyl (C=O) groups excluding carboxylic acids is 2. The van der Waals surface area contributed by atoms with Crippen LogP contribution in [0.1, 0.15) is 18.1 Å². The summed E-state index contributed by atoms with van der Waals surface area (Å²) in [6.07, 6.45) is -0.621. The standard InChI is InChI=1S/C13H17ClN2O3/c1-4-19-13(18)15-7-11(17)16-12-9(3)5-8(2)6-10(12)14/h5-6H,4,7H2,1-3H3,(H,15,18)(H,16,17). The SMILES string of the molecule is CCOC(=O)NCC(=O)Nc1c(C)cc(C)cc1Cl. The minimum Gasteiger partial charge on any atom is -0.450 e. The van der Waals surface area contributed by atoms with Crippen LogP contribution in [0.4, 0.5) is 10.5 Å². The fraction of sp³-hybridized carbons (Fsp3) is 0.385. The number of benzene rings is 1. The topological polar surface area (TPSA) is 67.4 Å². The highest BCUT2D eigenvalue weighted by molar-refractivity contribution is 6.34. The van der Waals surface area contributed by atoms with Gasteiger partial charge < -0.3 is 15.4 Å². The van der Waals surface area contributed by atoms with Crippen molar-refractivity contribution in [2.75, 3.05) is 18.5 Å². The van der Waals surface area contributed by atoms with E-state index < -0.39 is 6.09 Å². The van der Waals surface area contributed by atoms with Crippen molar-refractivity contribution in [2.24, 2.45) is 0 Å². The van der Waals surface area contributed by atoms with Gasteiger partial charge in [0.15, 0.2) is 0 Å². The number of halogens is 1. The first-order chi connectivity index (χ1) is 8.93. The van der Waals surface area contributed by atoms with Crippen molar-refractivity contribution in [3.05, 3.63) is 28.3 Å². The molecule has 2 amide bonds. The van der Waals surface area contributed by atoms with Gasteiger partial charge in [-0.05, 0) is 38.0 Å². The van der Waals surface area contributed by atoms with Gasteiger partial charge in [-0.3, -0.25) is 4.79 Å². The second-order valence-electron chi connectivity index (χ2n) is 4.06. The Bertz CT molecular complexity index is 466. The number of aryl methyl sites for hydroxylation is 2. The maximum absolute atomic E-state index is 11.7. The first-order valence-corrected chi connectivity index (χ1v) is 6.29. The molecule has 1 rings (SSSR count). The fourth-order valence-electron chi connectivity index (χ4n) is 1.59. The first kappa shape index (κ1) is 15.3. The van der Waals surface area contributed by atoms with Gasteiger partial charge in [-0.2, -0.15) is 0 Å².